The van der Waals surface area contributed by atoms with Crippen molar-refractivity contribution < 1.29 is 27.4 Å². The van der Waals surface area contributed by atoms with E-state index in [1.54, 1.807) is 45.2 Å². The van der Waals surface area contributed by atoms with Gasteiger partial charge >= 0.3 is 0 Å². The minimum atomic E-state index is -3.48. The van der Waals surface area contributed by atoms with Crippen molar-refractivity contribution >= 4 is 27.5 Å². The Labute approximate surface area is 207 Å². The summed E-state index contributed by atoms with van der Waals surface area (Å²) in [5, 5.41) is 3.46. The van der Waals surface area contributed by atoms with Gasteiger partial charge in [-0.1, -0.05) is 31.5 Å². The van der Waals surface area contributed by atoms with Crippen LogP contribution >= 0.6 is 11.6 Å². The molecule has 2 aromatic carbocycles. The van der Waals surface area contributed by atoms with Crippen LogP contribution < -0.4 is 24.2 Å². The Kier molecular flexibility index (Phi) is 10.9. The molecule has 10 heteroatoms. The molecule has 0 spiro atoms. The van der Waals surface area contributed by atoms with Crippen molar-refractivity contribution in [3.63, 3.8) is 0 Å². The standard InChI is InChI=1S/C24H33ClN2O6S/c1-5-34(29,30)27-23(17(2)3)24(28)26-13-12-18-6-11-21(22(16-18)31-4)33-15-14-32-20-9-7-19(25)8-10-20/h6-11,16-17,23,27H,5,12-15H2,1-4H3,(H,26,28)/t23-/m0/s1. The molecule has 0 heterocycles. The van der Waals surface area contributed by atoms with Gasteiger partial charge < -0.3 is 19.5 Å². The number of rotatable bonds is 14. The van der Waals surface area contributed by atoms with E-state index in [-0.39, 0.29) is 17.6 Å². The molecule has 0 radical (unpaired) electrons. The Hall–Kier alpha value is -2.49. The molecule has 0 aliphatic heterocycles. The van der Waals surface area contributed by atoms with Crippen LogP contribution in [-0.2, 0) is 21.2 Å². The van der Waals surface area contributed by atoms with Crippen molar-refractivity contribution in [3.05, 3.63) is 53.1 Å². The fourth-order valence-corrected chi connectivity index (χ4v) is 4.10. The highest BCUT2D eigenvalue weighted by Crippen LogP contribution is 2.28. The molecule has 0 bridgehead atoms. The summed E-state index contributed by atoms with van der Waals surface area (Å²) in [4.78, 5) is 12.5. The Morgan fingerprint density at radius 3 is 2.32 bits per heavy atom. The minimum Gasteiger partial charge on any atom is -0.493 e. The zero-order valence-corrected chi connectivity index (χ0v) is 21.5. The van der Waals surface area contributed by atoms with Gasteiger partial charge in [0.2, 0.25) is 15.9 Å². The van der Waals surface area contributed by atoms with E-state index in [0.717, 1.165) is 5.56 Å². The Morgan fingerprint density at radius 1 is 1.03 bits per heavy atom. The fourth-order valence-electron chi connectivity index (χ4n) is 3.04. The summed E-state index contributed by atoms with van der Waals surface area (Å²) < 4.78 is 43.0. The van der Waals surface area contributed by atoms with Crippen LogP contribution in [0.4, 0.5) is 0 Å². The first-order valence-corrected chi connectivity index (χ1v) is 13.1. The van der Waals surface area contributed by atoms with Crippen molar-refractivity contribution in [3.8, 4) is 17.2 Å². The van der Waals surface area contributed by atoms with Gasteiger partial charge in [0.05, 0.1) is 12.9 Å². The number of carbonyl (C=O) groups excluding carboxylic acids is 1. The molecule has 188 valence electrons. The average Bonchev–Trinajstić information content (AvgIpc) is 2.81. The second-order valence-electron chi connectivity index (χ2n) is 7.92. The highest BCUT2D eigenvalue weighted by Gasteiger charge is 2.26. The third-order valence-electron chi connectivity index (χ3n) is 5.00. The SMILES string of the molecule is CCS(=O)(=O)N[C@H](C(=O)NCCc1ccc(OCCOc2ccc(Cl)cc2)c(OC)c1)C(C)C. The van der Waals surface area contributed by atoms with Gasteiger partial charge in [0.1, 0.15) is 25.0 Å². The van der Waals surface area contributed by atoms with Gasteiger partial charge in [-0.25, -0.2) is 13.1 Å². The van der Waals surface area contributed by atoms with E-state index in [9.17, 15) is 13.2 Å². The number of sulfonamides is 1. The van der Waals surface area contributed by atoms with Crippen molar-refractivity contribution in [2.24, 2.45) is 5.92 Å². The molecule has 0 aliphatic rings. The number of carbonyl (C=O) groups is 1. The number of hydrogen-bond acceptors (Lipinski definition) is 6. The molecule has 0 fully saturated rings. The van der Waals surface area contributed by atoms with Crippen LogP contribution in [0.15, 0.2) is 42.5 Å². The Balaban J connectivity index is 1.85. The van der Waals surface area contributed by atoms with Crippen molar-refractivity contribution in [2.75, 3.05) is 32.6 Å². The average molecular weight is 513 g/mol. The van der Waals surface area contributed by atoms with E-state index in [0.29, 0.717) is 48.5 Å². The lowest BCUT2D eigenvalue weighted by molar-refractivity contribution is -0.123. The molecular weight excluding hydrogens is 480 g/mol. The monoisotopic (exact) mass is 512 g/mol. The molecular formula is C24H33ClN2O6S. The maximum Gasteiger partial charge on any atom is 0.238 e. The van der Waals surface area contributed by atoms with Gasteiger partial charge in [-0.3, -0.25) is 4.79 Å². The van der Waals surface area contributed by atoms with Crippen LogP contribution in [0.25, 0.3) is 0 Å². The number of hydrogen-bond donors (Lipinski definition) is 2. The van der Waals surface area contributed by atoms with Crippen molar-refractivity contribution in [2.45, 2.75) is 33.2 Å². The van der Waals surface area contributed by atoms with Gasteiger partial charge in [0.15, 0.2) is 11.5 Å². The molecule has 2 aromatic rings. The molecule has 1 amide bonds. The largest absolute Gasteiger partial charge is 0.493 e. The number of methoxy groups -OCH3 is 1. The second-order valence-corrected chi connectivity index (χ2v) is 10.4. The lowest BCUT2D eigenvalue weighted by Gasteiger charge is -2.21. The molecule has 0 aromatic heterocycles. The molecule has 2 N–H and O–H groups in total. The molecule has 0 aliphatic carbocycles. The number of halogens is 1. The fraction of sp³-hybridized carbons (Fsp3) is 0.458. The van der Waals surface area contributed by atoms with Crippen LogP contribution in [0.3, 0.4) is 0 Å². The lowest BCUT2D eigenvalue weighted by Crippen LogP contribution is -2.50. The zero-order chi connectivity index (χ0) is 25.1. The summed E-state index contributed by atoms with van der Waals surface area (Å²) in [5.41, 5.74) is 0.942. The van der Waals surface area contributed by atoms with Gasteiger partial charge in [-0.05, 0) is 61.2 Å². The van der Waals surface area contributed by atoms with Gasteiger partial charge in [0, 0.05) is 11.6 Å². The highest BCUT2D eigenvalue weighted by atomic mass is 35.5. The highest BCUT2D eigenvalue weighted by molar-refractivity contribution is 7.89. The number of amides is 1. The quantitative estimate of drug-likeness (QED) is 0.376. The lowest BCUT2D eigenvalue weighted by atomic mass is 10.0. The van der Waals surface area contributed by atoms with E-state index < -0.39 is 16.1 Å². The maximum absolute atomic E-state index is 12.5. The van der Waals surface area contributed by atoms with E-state index in [2.05, 4.69) is 10.0 Å². The predicted molar refractivity (Wildman–Crippen MR) is 133 cm³/mol. The third kappa shape index (κ3) is 9.04. The number of nitrogens with one attached hydrogen (secondary N) is 2. The van der Waals surface area contributed by atoms with Gasteiger partial charge in [0.25, 0.3) is 0 Å². The summed E-state index contributed by atoms with van der Waals surface area (Å²) >= 11 is 5.86. The predicted octanol–water partition coefficient (Wildman–Crippen LogP) is 3.43. The molecule has 0 saturated carbocycles. The summed E-state index contributed by atoms with van der Waals surface area (Å²) in [6.45, 7) is 6.17. The van der Waals surface area contributed by atoms with E-state index >= 15 is 0 Å². The van der Waals surface area contributed by atoms with Crippen LogP contribution in [0, 0.1) is 5.92 Å². The van der Waals surface area contributed by atoms with E-state index in [1.807, 2.05) is 18.2 Å². The first-order chi connectivity index (χ1) is 16.1. The zero-order valence-electron chi connectivity index (χ0n) is 20.0. The smallest absolute Gasteiger partial charge is 0.238 e. The normalized spacial score (nSPS) is 12.3. The topological polar surface area (TPSA) is 103 Å². The Bertz CT molecular complexity index is 1030. The summed E-state index contributed by atoms with van der Waals surface area (Å²) in [6, 6.07) is 11.8. The van der Waals surface area contributed by atoms with E-state index in [4.69, 9.17) is 25.8 Å². The van der Waals surface area contributed by atoms with E-state index in [1.165, 1.54) is 6.92 Å². The van der Waals surface area contributed by atoms with Crippen LogP contribution in [0.5, 0.6) is 17.2 Å². The summed E-state index contributed by atoms with van der Waals surface area (Å²) in [5.74, 6) is 1.26. The minimum absolute atomic E-state index is 0.0784. The van der Waals surface area contributed by atoms with Crippen molar-refractivity contribution in [1.29, 1.82) is 0 Å². The number of benzene rings is 2. The molecule has 0 unspecified atom stereocenters. The van der Waals surface area contributed by atoms with Gasteiger partial charge in [-0.15, -0.1) is 0 Å². The molecule has 34 heavy (non-hydrogen) atoms. The maximum atomic E-state index is 12.5. The van der Waals surface area contributed by atoms with Crippen molar-refractivity contribution in [1.82, 2.24) is 10.0 Å². The third-order valence-corrected chi connectivity index (χ3v) is 6.63. The molecule has 1 atom stereocenters. The first kappa shape index (κ1) is 27.8. The van der Waals surface area contributed by atoms with Crippen LogP contribution in [0.2, 0.25) is 5.02 Å². The van der Waals surface area contributed by atoms with Crippen LogP contribution in [0.1, 0.15) is 26.3 Å². The first-order valence-electron chi connectivity index (χ1n) is 11.1. The molecule has 8 nitrogen and oxygen atoms in total. The van der Waals surface area contributed by atoms with Crippen LogP contribution in [-0.4, -0.2) is 53.0 Å². The van der Waals surface area contributed by atoms with Gasteiger partial charge in [-0.2, -0.15) is 0 Å². The molecule has 2 rings (SSSR count). The molecule has 0 saturated heterocycles. The summed E-state index contributed by atoms with van der Waals surface area (Å²) in [6.07, 6.45) is 0.549. The Morgan fingerprint density at radius 2 is 1.71 bits per heavy atom. The number of ether oxygens (including phenoxy) is 3. The second kappa shape index (κ2) is 13.4. The summed E-state index contributed by atoms with van der Waals surface area (Å²) in [7, 11) is -1.92.